The number of hydrogen-bond acceptors (Lipinski definition) is 7. The largest absolute Gasteiger partial charge is 0.377 e. The lowest BCUT2D eigenvalue weighted by Crippen LogP contribution is -2.49. The summed E-state index contributed by atoms with van der Waals surface area (Å²) in [6.45, 7) is 6.06. The highest BCUT2D eigenvalue weighted by atomic mass is 19.1. The van der Waals surface area contributed by atoms with Crippen LogP contribution in [-0.4, -0.2) is 48.2 Å². The van der Waals surface area contributed by atoms with Gasteiger partial charge in [-0.3, -0.25) is 4.79 Å². The van der Waals surface area contributed by atoms with Gasteiger partial charge in [0.15, 0.2) is 0 Å². The number of ether oxygens (including phenoxy) is 1. The first-order chi connectivity index (χ1) is 18.1. The Bertz CT molecular complexity index is 1440. The van der Waals surface area contributed by atoms with E-state index in [0.717, 1.165) is 17.9 Å². The van der Waals surface area contributed by atoms with Crippen LogP contribution >= 0.6 is 0 Å². The van der Waals surface area contributed by atoms with Crippen LogP contribution in [0.3, 0.4) is 0 Å². The van der Waals surface area contributed by atoms with E-state index in [1.54, 1.807) is 36.5 Å². The molecule has 1 aromatic heterocycles. The molecule has 37 heavy (non-hydrogen) atoms. The predicted octanol–water partition coefficient (Wildman–Crippen LogP) is 4.47. The molecule has 3 aromatic carbocycles. The second-order valence-electron chi connectivity index (χ2n) is 8.66. The number of hydrogen-bond donors (Lipinski definition) is 3. The summed E-state index contributed by atoms with van der Waals surface area (Å²) in [4.78, 5) is 23.0. The summed E-state index contributed by atoms with van der Waals surface area (Å²) in [6, 6.07) is 18.1. The van der Waals surface area contributed by atoms with Gasteiger partial charge in [-0.05, 0) is 60.2 Å². The van der Waals surface area contributed by atoms with Gasteiger partial charge in [0.2, 0.25) is 11.9 Å². The minimum atomic E-state index is -0.423. The van der Waals surface area contributed by atoms with Gasteiger partial charge in [-0.2, -0.15) is 0 Å². The number of nitrogens with two attached hydrogens (primary N) is 1. The molecule has 0 bridgehead atoms. The van der Waals surface area contributed by atoms with Gasteiger partial charge in [0, 0.05) is 47.3 Å². The quantitative estimate of drug-likeness (QED) is 0.323. The van der Waals surface area contributed by atoms with E-state index in [0.29, 0.717) is 53.4 Å². The van der Waals surface area contributed by atoms with Crippen molar-refractivity contribution in [2.24, 2.45) is 5.73 Å². The molecule has 0 saturated carbocycles. The van der Waals surface area contributed by atoms with Gasteiger partial charge in [0.25, 0.3) is 0 Å². The molecule has 1 saturated heterocycles. The van der Waals surface area contributed by atoms with Gasteiger partial charge >= 0.3 is 0 Å². The third-order valence-electron chi connectivity index (χ3n) is 6.26. The van der Waals surface area contributed by atoms with Crippen molar-refractivity contribution in [1.29, 1.82) is 0 Å². The number of rotatable bonds is 7. The van der Waals surface area contributed by atoms with Gasteiger partial charge in [0.05, 0.1) is 24.8 Å². The number of carbonyl (C=O) groups is 1. The van der Waals surface area contributed by atoms with E-state index in [9.17, 15) is 4.79 Å². The summed E-state index contributed by atoms with van der Waals surface area (Å²) < 4.78 is 20.6. The fourth-order valence-corrected chi connectivity index (χ4v) is 4.41. The highest BCUT2D eigenvalue weighted by molar-refractivity contribution is 6.00. The summed E-state index contributed by atoms with van der Waals surface area (Å²) in [5.41, 5.74) is 9.67. The number of halogens is 1. The van der Waals surface area contributed by atoms with Gasteiger partial charge < -0.3 is 26.0 Å². The Balaban J connectivity index is 1.44. The zero-order valence-corrected chi connectivity index (χ0v) is 20.2. The molecule has 1 amide bonds. The maximum atomic E-state index is 15.1. The molecule has 2 heterocycles. The second kappa shape index (κ2) is 10.7. The van der Waals surface area contributed by atoms with Crippen LogP contribution in [0.1, 0.15) is 0 Å². The van der Waals surface area contributed by atoms with Gasteiger partial charge in [-0.15, -0.1) is 0 Å². The van der Waals surface area contributed by atoms with E-state index in [-0.39, 0.29) is 11.9 Å². The van der Waals surface area contributed by atoms with Crippen molar-refractivity contribution < 1.29 is 13.9 Å². The van der Waals surface area contributed by atoms with E-state index in [2.05, 4.69) is 32.1 Å². The van der Waals surface area contributed by atoms with E-state index < -0.39 is 5.82 Å². The Morgan fingerprint density at radius 1 is 1.19 bits per heavy atom. The van der Waals surface area contributed by atoms with Crippen molar-refractivity contribution in [2.45, 2.75) is 6.04 Å². The number of aromatic nitrogens is 2. The van der Waals surface area contributed by atoms with E-state index in [1.807, 2.05) is 24.3 Å². The van der Waals surface area contributed by atoms with Crippen molar-refractivity contribution in [3.05, 3.63) is 85.3 Å². The van der Waals surface area contributed by atoms with Gasteiger partial charge in [0.1, 0.15) is 5.82 Å². The standard InChI is InChI=1S/C28H27FN6O2/c1-2-25(36)32-21-5-3-4-18(14-21)26-24(29)11-6-19-16-31-28(34-27(19)26)33-20-7-9-22(10-8-20)35-12-13-37-17-23(35)15-30/h2-11,14,16,23H,1,12-13,15,17,30H2,(H,32,36)(H,31,33,34). The Labute approximate surface area is 214 Å². The second-order valence-corrected chi connectivity index (χ2v) is 8.66. The lowest BCUT2D eigenvalue weighted by molar-refractivity contribution is -0.111. The Morgan fingerprint density at radius 2 is 2.03 bits per heavy atom. The molecule has 1 aliphatic rings. The molecule has 1 atom stereocenters. The van der Waals surface area contributed by atoms with Crippen LogP contribution in [0.15, 0.2) is 79.5 Å². The average molecular weight is 499 g/mol. The molecule has 0 aliphatic carbocycles. The summed E-state index contributed by atoms with van der Waals surface area (Å²) in [7, 11) is 0. The molecule has 1 unspecified atom stereocenters. The minimum absolute atomic E-state index is 0.147. The Morgan fingerprint density at radius 3 is 2.81 bits per heavy atom. The summed E-state index contributed by atoms with van der Waals surface area (Å²) in [6.07, 6.45) is 2.84. The molecule has 0 spiro atoms. The van der Waals surface area contributed by atoms with Crippen molar-refractivity contribution >= 4 is 39.8 Å². The highest BCUT2D eigenvalue weighted by Crippen LogP contribution is 2.32. The SMILES string of the molecule is C=CC(=O)Nc1cccc(-c2c(F)ccc3cnc(Nc4ccc(N5CCOCC5CN)cc4)nc23)c1. The highest BCUT2D eigenvalue weighted by Gasteiger charge is 2.22. The molecule has 0 radical (unpaired) electrons. The van der Waals surface area contributed by atoms with Crippen LogP contribution in [0.4, 0.5) is 27.4 Å². The number of fused-ring (bicyclic) bond motifs is 1. The van der Waals surface area contributed by atoms with E-state index in [4.69, 9.17) is 10.5 Å². The van der Waals surface area contributed by atoms with Gasteiger partial charge in [-0.1, -0.05) is 18.7 Å². The number of morpholine rings is 1. The fraction of sp³-hybridized carbons (Fsp3) is 0.179. The molecule has 188 valence electrons. The minimum Gasteiger partial charge on any atom is -0.377 e. The zero-order chi connectivity index (χ0) is 25.8. The van der Waals surface area contributed by atoms with Crippen LogP contribution in [0.5, 0.6) is 0 Å². The number of benzene rings is 3. The van der Waals surface area contributed by atoms with Crippen LogP contribution in [0, 0.1) is 5.82 Å². The molecular formula is C28H27FN6O2. The zero-order valence-electron chi connectivity index (χ0n) is 20.2. The first-order valence-corrected chi connectivity index (χ1v) is 12.0. The molecule has 8 nitrogen and oxygen atoms in total. The normalized spacial score (nSPS) is 15.4. The number of amides is 1. The molecule has 4 aromatic rings. The molecule has 5 rings (SSSR count). The molecule has 1 fully saturated rings. The van der Waals surface area contributed by atoms with Crippen LogP contribution in [0.2, 0.25) is 0 Å². The maximum absolute atomic E-state index is 15.1. The van der Waals surface area contributed by atoms with E-state index >= 15 is 4.39 Å². The van der Waals surface area contributed by atoms with Crippen molar-refractivity contribution in [1.82, 2.24) is 9.97 Å². The average Bonchev–Trinajstić information content (AvgIpc) is 2.93. The monoisotopic (exact) mass is 498 g/mol. The molecule has 4 N–H and O–H groups in total. The number of carbonyl (C=O) groups excluding carboxylic acids is 1. The fourth-order valence-electron chi connectivity index (χ4n) is 4.41. The van der Waals surface area contributed by atoms with Crippen molar-refractivity contribution in [2.75, 3.05) is 41.8 Å². The topological polar surface area (TPSA) is 105 Å². The third kappa shape index (κ3) is 5.28. The first kappa shape index (κ1) is 24.4. The molecule has 1 aliphatic heterocycles. The lowest BCUT2D eigenvalue weighted by Gasteiger charge is -2.36. The third-order valence-corrected chi connectivity index (χ3v) is 6.26. The predicted molar refractivity (Wildman–Crippen MR) is 144 cm³/mol. The lowest BCUT2D eigenvalue weighted by atomic mass is 10.0. The number of anilines is 4. The Kier molecular flexibility index (Phi) is 7.07. The van der Waals surface area contributed by atoms with Gasteiger partial charge in [-0.25, -0.2) is 14.4 Å². The first-order valence-electron chi connectivity index (χ1n) is 12.0. The summed E-state index contributed by atoms with van der Waals surface area (Å²) >= 11 is 0. The number of nitrogens with zero attached hydrogens (tertiary/aromatic N) is 3. The smallest absolute Gasteiger partial charge is 0.247 e. The number of nitrogens with one attached hydrogen (secondary N) is 2. The Hall–Kier alpha value is -4.34. The molecular weight excluding hydrogens is 471 g/mol. The summed E-state index contributed by atoms with van der Waals surface area (Å²) in [5.74, 6) is -0.425. The van der Waals surface area contributed by atoms with Crippen molar-refractivity contribution in [3.63, 3.8) is 0 Å². The summed E-state index contributed by atoms with van der Waals surface area (Å²) in [5, 5.41) is 6.61. The van der Waals surface area contributed by atoms with Crippen LogP contribution < -0.4 is 21.3 Å². The maximum Gasteiger partial charge on any atom is 0.247 e. The molecule has 9 heteroatoms. The van der Waals surface area contributed by atoms with E-state index in [1.165, 1.54) is 12.1 Å². The van der Waals surface area contributed by atoms with Crippen LogP contribution in [-0.2, 0) is 9.53 Å². The van der Waals surface area contributed by atoms with Crippen molar-refractivity contribution in [3.8, 4) is 11.1 Å². The van der Waals surface area contributed by atoms with Crippen LogP contribution in [0.25, 0.3) is 22.0 Å².